The van der Waals surface area contributed by atoms with E-state index in [1.54, 1.807) is 0 Å². The fraction of sp³-hybridized carbons (Fsp3) is 0.727. The zero-order chi connectivity index (χ0) is 10.6. The summed E-state index contributed by atoms with van der Waals surface area (Å²) in [6, 6.07) is 0. The molecule has 0 aromatic rings. The molecular weight excluding hydrogens is 180 g/mol. The van der Waals surface area contributed by atoms with E-state index in [-0.39, 0.29) is 6.42 Å². The molecule has 0 saturated heterocycles. The molecule has 0 saturated carbocycles. The highest BCUT2D eigenvalue weighted by atomic mass is 16.5. The van der Waals surface area contributed by atoms with E-state index in [4.69, 9.17) is 9.84 Å². The number of carboxylic acid groups (broad SMARTS) is 1. The zero-order valence-electron chi connectivity index (χ0n) is 8.87. The second kappa shape index (κ2) is 10.3. The lowest BCUT2D eigenvalue weighted by Crippen LogP contribution is -1.94. The lowest BCUT2D eigenvalue weighted by Gasteiger charge is -1.98. The highest BCUT2D eigenvalue weighted by Crippen LogP contribution is 1.95. The van der Waals surface area contributed by atoms with Gasteiger partial charge >= 0.3 is 5.97 Å². The predicted octanol–water partition coefficient (Wildman–Crippen LogP) is 2.61. The third kappa shape index (κ3) is 11.2. The van der Waals surface area contributed by atoms with Crippen LogP contribution in [0.5, 0.6) is 0 Å². The summed E-state index contributed by atoms with van der Waals surface area (Å²) in [6.07, 6.45) is 8.06. The largest absolute Gasteiger partial charge is 0.481 e. The van der Waals surface area contributed by atoms with Crippen molar-refractivity contribution in [2.75, 3.05) is 13.2 Å². The number of unbranched alkanes of at least 4 members (excludes halogenated alkanes) is 2. The van der Waals surface area contributed by atoms with Crippen molar-refractivity contribution in [1.82, 2.24) is 0 Å². The van der Waals surface area contributed by atoms with Gasteiger partial charge in [-0.15, -0.1) is 0 Å². The van der Waals surface area contributed by atoms with E-state index < -0.39 is 5.97 Å². The second-order valence-electron chi connectivity index (χ2n) is 3.19. The van der Waals surface area contributed by atoms with Crippen molar-refractivity contribution in [3.8, 4) is 0 Å². The first-order valence-corrected chi connectivity index (χ1v) is 5.22. The van der Waals surface area contributed by atoms with Crippen LogP contribution in [0.15, 0.2) is 12.2 Å². The van der Waals surface area contributed by atoms with Crippen molar-refractivity contribution in [2.45, 2.75) is 39.0 Å². The Morgan fingerprint density at radius 3 is 2.79 bits per heavy atom. The molecule has 0 aliphatic carbocycles. The van der Waals surface area contributed by atoms with Gasteiger partial charge in [0.25, 0.3) is 0 Å². The van der Waals surface area contributed by atoms with Crippen LogP contribution in [-0.2, 0) is 9.53 Å². The van der Waals surface area contributed by atoms with E-state index in [0.29, 0.717) is 13.0 Å². The number of rotatable bonds is 9. The van der Waals surface area contributed by atoms with Crippen molar-refractivity contribution >= 4 is 5.97 Å². The average molecular weight is 200 g/mol. The molecule has 0 fully saturated rings. The molecule has 0 rings (SSSR count). The molecule has 0 aromatic carbocycles. The highest BCUT2D eigenvalue weighted by Gasteiger charge is 1.91. The van der Waals surface area contributed by atoms with Gasteiger partial charge in [-0.1, -0.05) is 31.9 Å². The first kappa shape index (κ1) is 13.2. The van der Waals surface area contributed by atoms with Gasteiger partial charge < -0.3 is 9.84 Å². The van der Waals surface area contributed by atoms with Crippen LogP contribution in [0.4, 0.5) is 0 Å². The van der Waals surface area contributed by atoms with Crippen LogP contribution in [0.25, 0.3) is 0 Å². The molecule has 0 aliphatic heterocycles. The van der Waals surface area contributed by atoms with Gasteiger partial charge in [0, 0.05) is 13.0 Å². The van der Waals surface area contributed by atoms with Crippen LogP contribution >= 0.6 is 0 Å². The number of aliphatic carboxylic acids is 1. The molecule has 1 N–H and O–H groups in total. The molecule has 0 aromatic heterocycles. The Bertz CT molecular complexity index is 164. The van der Waals surface area contributed by atoms with Crippen LogP contribution < -0.4 is 0 Å². The van der Waals surface area contributed by atoms with E-state index in [2.05, 4.69) is 6.92 Å². The Morgan fingerprint density at radius 1 is 1.36 bits per heavy atom. The minimum Gasteiger partial charge on any atom is -0.481 e. The Kier molecular flexibility index (Phi) is 9.64. The first-order valence-electron chi connectivity index (χ1n) is 5.22. The summed E-state index contributed by atoms with van der Waals surface area (Å²) in [5, 5.41) is 8.35. The van der Waals surface area contributed by atoms with Gasteiger partial charge in [-0.2, -0.15) is 0 Å². The van der Waals surface area contributed by atoms with Gasteiger partial charge in [0.1, 0.15) is 0 Å². The summed E-state index contributed by atoms with van der Waals surface area (Å²) in [4.78, 5) is 10.1. The first-order chi connectivity index (χ1) is 6.77. The van der Waals surface area contributed by atoms with Crippen LogP contribution in [-0.4, -0.2) is 24.3 Å². The van der Waals surface area contributed by atoms with E-state index in [1.165, 1.54) is 12.8 Å². The van der Waals surface area contributed by atoms with E-state index >= 15 is 0 Å². The molecule has 14 heavy (non-hydrogen) atoms. The standard InChI is InChI=1S/C11H20O3/c1-2-3-6-9-14-10-7-4-5-8-11(12)13/h4,7H,2-3,5-6,8-10H2,1H3,(H,12,13)/b7-4+. The number of hydrogen-bond acceptors (Lipinski definition) is 2. The Balaban J connectivity index is 3.07. The van der Waals surface area contributed by atoms with E-state index in [0.717, 1.165) is 13.0 Å². The molecule has 0 heterocycles. The van der Waals surface area contributed by atoms with E-state index in [9.17, 15) is 4.79 Å². The van der Waals surface area contributed by atoms with Gasteiger partial charge in [-0.25, -0.2) is 0 Å². The van der Waals surface area contributed by atoms with Crippen molar-refractivity contribution in [2.24, 2.45) is 0 Å². The topological polar surface area (TPSA) is 46.5 Å². The fourth-order valence-electron chi connectivity index (χ4n) is 0.998. The maximum Gasteiger partial charge on any atom is 0.303 e. The molecule has 82 valence electrons. The summed E-state index contributed by atoms with van der Waals surface area (Å²) in [5.41, 5.74) is 0. The third-order valence-electron chi connectivity index (χ3n) is 1.80. The van der Waals surface area contributed by atoms with Gasteiger partial charge in [0.05, 0.1) is 6.61 Å². The summed E-state index contributed by atoms with van der Waals surface area (Å²) < 4.78 is 5.31. The average Bonchev–Trinajstić information content (AvgIpc) is 2.15. The molecule has 0 amide bonds. The van der Waals surface area contributed by atoms with Gasteiger partial charge in [0.15, 0.2) is 0 Å². The predicted molar refractivity (Wildman–Crippen MR) is 56.4 cm³/mol. The van der Waals surface area contributed by atoms with Crippen LogP contribution in [0, 0.1) is 0 Å². The minimum absolute atomic E-state index is 0.201. The van der Waals surface area contributed by atoms with Gasteiger partial charge in [-0.3, -0.25) is 4.79 Å². The lowest BCUT2D eigenvalue weighted by atomic mass is 10.3. The van der Waals surface area contributed by atoms with Gasteiger partial charge in [0.2, 0.25) is 0 Å². The molecule has 0 atom stereocenters. The van der Waals surface area contributed by atoms with Crippen molar-refractivity contribution in [1.29, 1.82) is 0 Å². The van der Waals surface area contributed by atoms with Crippen LogP contribution in [0.2, 0.25) is 0 Å². The van der Waals surface area contributed by atoms with Crippen molar-refractivity contribution < 1.29 is 14.6 Å². The monoisotopic (exact) mass is 200 g/mol. The number of carboxylic acids is 1. The molecule has 0 spiro atoms. The summed E-state index contributed by atoms with van der Waals surface area (Å²) in [7, 11) is 0. The highest BCUT2D eigenvalue weighted by molar-refractivity contribution is 5.66. The normalized spacial score (nSPS) is 10.9. The lowest BCUT2D eigenvalue weighted by molar-refractivity contribution is -0.136. The fourth-order valence-corrected chi connectivity index (χ4v) is 0.998. The zero-order valence-corrected chi connectivity index (χ0v) is 8.87. The smallest absolute Gasteiger partial charge is 0.303 e. The molecule has 0 bridgehead atoms. The Hall–Kier alpha value is -0.830. The molecule has 3 nitrogen and oxygen atoms in total. The van der Waals surface area contributed by atoms with Gasteiger partial charge in [-0.05, 0) is 12.8 Å². The quantitative estimate of drug-likeness (QED) is 0.459. The Morgan fingerprint density at radius 2 is 2.14 bits per heavy atom. The number of allylic oxidation sites excluding steroid dienone is 1. The number of ether oxygens (including phenoxy) is 1. The Labute approximate surface area is 85.8 Å². The maximum absolute atomic E-state index is 10.1. The number of hydrogen-bond donors (Lipinski definition) is 1. The second-order valence-corrected chi connectivity index (χ2v) is 3.19. The molecular formula is C11H20O3. The summed E-state index contributed by atoms with van der Waals surface area (Å²) in [5.74, 6) is -0.751. The van der Waals surface area contributed by atoms with Crippen molar-refractivity contribution in [3.05, 3.63) is 12.2 Å². The van der Waals surface area contributed by atoms with E-state index in [1.807, 2.05) is 12.2 Å². The molecule has 0 unspecified atom stereocenters. The molecule has 0 radical (unpaired) electrons. The molecule has 0 aliphatic rings. The summed E-state index contributed by atoms with van der Waals surface area (Å²) >= 11 is 0. The minimum atomic E-state index is -0.751. The summed E-state index contributed by atoms with van der Waals surface area (Å²) in [6.45, 7) is 3.56. The number of carbonyl (C=O) groups is 1. The third-order valence-corrected chi connectivity index (χ3v) is 1.80. The molecule has 3 heteroatoms. The SMILES string of the molecule is CCCCCOC/C=C/CCC(=O)O. The van der Waals surface area contributed by atoms with Crippen molar-refractivity contribution in [3.63, 3.8) is 0 Å². The van der Waals surface area contributed by atoms with Crippen LogP contribution in [0.3, 0.4) is 0 Å². The van der Waals surface area contributed by atoms with Crippen LogP contribution in [0.1, 0.15) is 39.0 Å². The maximum atomic E-state index is 10.1.